The lowest BCUT2D eigenvalue weighted by Gasteiger charge is -2.30. The Morgan fingerprint density at radius 2 is 2.16 bits per heavy atom. The van der Waals surface area contributed by atoms with Crippen LogP contribution in [0.4, 0.5) is 5.82 Å². The summed E-state index contributed by atoms with van der Waals surface area (Å²) in [4.78, 5) is 21.0. The van der Waals surface area contributed by atoms with Gasteiger partial charge in [-0.2, -0.15) is 0 Å². The molecule has 1 rings (SSSR count). The van der Waals surface area contributed by atoms with Gasteiger partial charge in [0, 0.05) is 20.8 Å². The Bertz CT molecular complexity index is 417. The van der Waals surface area contributed by atoms with Crippen LogP contribution >= 0.6 is 11.6 Å². The van der Waals surface area contributed by atoms with E-state index in [-0.39, 0.29) is 16.8 Å². The molecule has 0 N–H and O–H groups in total. The monoisotopic (exact) mass is 287 g/mol. The smallest absolute Gasteiger partial charge is 0.156 e. The molecule has 0 saturated carbocycles. The highest BCUT2D eigenvalue weighted by Crippen LogP contribution is 2.23. The first kappa shape index (κ1) is 15.8. The van der Waals surface area contributed by atoms with Crippen LogP contribution in [0.3, 0.4) is 0 Å². The molecular formula is C12H18ClN3O3. The number of carbonyl (C=O) groups is 1. The second kappa shape index (κ2) is 8.04. The number of ether oxygens (including phenoxy) is 2. The van der Waals surface area contributed by atoms with Crippen LogP contribution in [0.5, 0.6) is 0 Å². The summed E-state index contributed by atoms with van der Waals surface area (Å²) in [7, 11) is 3.24. The molecule has 0 aromatic carbocycles. The zero-order chi connectivity index (χ0) is 14.3. The van der Waals surface area contributed by atoms with Gasteiger partial charge in [0.2, 0.25) is 0 Å². The highest BCUT2D eigenvalue weighted by Gasteiger charge is 2.20. The van der Waals surface area contributed by atoms with E-state index in [9.17, 15) is 4.79 Å². The van der Waals surface area contributed by atoms with Crippen LogP contribution in [-0.4, -0.2) is 56.3 Å². The van der Waals surface area contributed by atoms with Gasteiger partial charge in [-0.25, -0.2) is 9.97 Å². The van der Waals surface area contributed by atoms with E-state index in [1.54, 1.807) is 14.2 Å². The number of hydrogen-bond acceptors (Lipinski definition) is 6. The molecule has 1 heterocycles. The Morgan fingerprint density at radius 1 is 1.42 bits per heavy atom. The Balaban J connectivity index is 3.08. The van der Waals surface area contributed by atoms with Gasteiger partial charge in [0.1, 0.15) is 17.3 Å². The average molecular weight is 288 g/mol. The minimum absolute atomic E-state index is 0.0322. The molecular weight excluding hydrogens is 270 g/mol. The van der Waals surface area contributed by atoms with Crippen LogP contribution in [0.2, 0.25) is 5.15 Å². The molecule has 6 nitrogen and oxygen atoms in total. The van der Waals surface area contributed by atoms with Crippen LogP contribution in [0, 0.1) is 0 Å². The van der Waals surface area contributed by atoms with Crippen molar-refractivity contribution < 1.29 is 14.3 Å². The first-order valence-electron chi connectivity index (χ1n) is 5.85. The number of aromatic nitrogens is 2. The van der Waals surface area contributed by atoms with E-state index in [0.717, 1.165) is 0 Å². The molecule has 0 radical (unpaired) electrons. The van der Waals surface area contributed by atoms with Crippen LogP contribution in [0.1, 0.15) is 17.3 Å². The number of rotatable bonds is 8. The molecule has 106 valence electrons. The maximum atomic E-state index is 11.2. The maximum absolute atomic E-state index is 11.2. The average Bonchev–Trinajstić information content (AvgIpc) is 2.39. The fraction of sp³-hybridized carbons (Fsp3) is 0.583. The summed E-state index contributed by atoms with van der Waals surface area (Å²) < 4.78 is 10.2. The molecule has 7 heteroatoms. The number of carbonyl (C=O) groups excluding carboxylic acids is 1. The van der Waals surface area contributed by atoms with Gasteiger partial charge in [0.05, 0.1) is 24.8 Å². The third kappa shape index (κ3) is 4.12. The third-order valence-electron chi connectivity index (χ3n) is 2.68. The number of anilines is 1. The quantitative estimate of drug-likeness (QED) is 0.532. The molecule has 0 amide bonds. The summed E-state index contributed by atoms with van der Waals surface area (Å²) >= 11 is 5.92. The molecule has 1 unspecified atom stereocenters. The molecule has 1 aromatic rings. The third-order valence-corrected chi connectivity index (χ3v) is 2.98. The number of nitrogens with zero attached hydrogens (tertiary/aromatic N) is 3. The molecule has 0 aliphatic heterocycles. The van der Waals surface area contributed by atoms with E-state index in [1.807, 2.05) is 11.8 Å². The van der Waals surface area contributed by atoms with Crippen molar-refractivity contribution in [2.75, 3.05) is 38.9 Å². The summed E-state index contributed by atoms with van der Waals surface area (Å²) in [5.74, 6) is 0.497. The largest absolute Gasteiger partial charge is 0.383 e. The van der Waals surface area contributed by atoms with Crippen molar-refractivity contribution >= 4 is 23.7 Å². The van der Waals surface area contributed by atoms with Crippen molar-refractivity contribution in [3.63, 3.8) is 0 Å². The van der Waals surface area contributed by atoms with E-state index >= 15 is 0 Å². The predicted molar refractivity (Wildman–Crippen MR) is 73.0 cm³/mol. The van der Waals surface area contributed by atoms with E-state index in [2.05, 4.69) is 9.97 Å². The lowest BCUT2D eigenvalue weighted by Crippen LogP contribution is -2.40. The van der Waals surface area contributed by atoms with E-state index < -0.39 is 0 Å². The Labute approximate surface area is 117 Å². The summed E-state index contributed by atoms with van der Waals surface area (Å²) in [5, 5.41) is 0.145. The topological polar surface area (TPSA) is 64.5 Å². The molecule has 0 saturated heterocycles. The van der Waals surface area contributed by atoms with Crippen LogP contribution < -0.4 is 4.90 Å². The highest BCUT2D eigenvalue weighted by atomic mass is 35.5. The standard InChI is InChI=1S/C12H18ClN3O3/c1-9(7-19-3)16(4-5-18-2)12-10(6-17)11(13)14-8-15-12/h6,8-9H,4-5,7H2,1-3H3. The van der Waals surface area contributed by atoms with E-state index in [1.165, 1.54) is 6.33 Å². The van der Waals surface area contributed by atoms with Gasteiger partial charge in [-0.15, -0.1) is 0 Å². The van der Waals surface area contributed by atoms with Crippen molar-refractivity contribution in [3.8, 4) is 0 Å². The zero-order valence-corrected chi connectivity index (χ0v) is 12.1. The molecule has 19 heavy (non-hydrogen) atoms. The fourth-order valence-electron chi connectivity index (χ4n) is 1.75. The number of hydrogen-bond donors (Lipinski definition) is 0. The van der Waals surface area contributed by atoms with Gasteiger partial charge in [-0.3, -0.25) is 4.79 Å². The zero-order valence-electron chi connectivity index (χ0n) is 11.3. The minimum atomic E-state index is 0.0322. The molecule has 0 fully saturated rings. The maximum Gasteiger partial charge on any atom is 0.156 e. The summed E-state index contributed by atoms with van der Waals surface area (Å²) in [6, 6.07) is 0.0322. The second-order valence-electron chi connectivity index (χ2n) is 4.01. The van der Waals surface area contributed by atoms with Gasteiger partial charge in [0.25, 0.3) is 0 Å². The van der Waals surface area contributed by atoms with Gasteiger partial charge >= 0.3 is 0 Å². The SMILES string of the molecule is COCCN(c1ncnc(Cl)c1C=O)C(C)COC. The molecule has 0 aliphatic carbocycles. The summed E-state index contributed by atoms with van der Waals surface area (Å²) in [5.41, 5.74) is 0.281. The fourth-order valence-corrected chi connectivity index (χ4v) is 1.92. The number of methoxy groups -OCH3 is 2. The lowest BCUT2D eigenvalue weighted by atomic mass is 10.2. The van der Waals surface area contributed by atoms with Crippen LogP contribution in [0.15, 0.2) is 6.33 Å². The summed E-state index contributed by atoms with van der Waals surface area (Å²) in [6.45, 7) is 3.57. The molecule has 1 aromatic heterocycles. The van der Waals surface area contributed by atoms with Crippen molar-refractivity contribution in [1.29, 1.82) is 0 Å². The molecule has 1 atom stereocenters. The van der Waals surface area contributed by atoms with Gasteiger partial charge in [0.15, 0.2) is 6.29 Å². The van der Waals surface area contributed by atoms with Crippen molar-refractivity contribution in [1.82, 2.24) is 9.97 Å². The van der Waals surface area contributed by atoms with Gasteiger partial charge in [-0.1, -0.05) is 11.6 Å². The highest BCUT2D eigenvalue weighted by molar-refractivity contribution is 6.32. The Hall–Kier alpha value is -1.24. The first-order chi connectivity index (χ1) is 9.15. The first-order valence-corrected chi connectivity index (χ1v) is 6.23. The molecule has 0 spiro atoms. The normalized spacial score (nSPS) is 12.2. The van der Waals surface area contributed by atoms with Crippen molar-refractivity contribution in [2.24, 2.45) is 0 Å². The summed E-state index contributed by atoms with van der Waals surface area (Å²) in [6.07, 6.45) is 2.00. The molecule has 0 aliphatic rings. The lowest BCUT2D eigenvalue weighted by molar-refractivity contribution is 0.112. The Morgan fingerprint density at radius 3 is 2.74 bits per heavy atom. The van der Waals surface area contributed by atoms with E-state index in [4.69, 9.17) is 21.1 Å². The van der Waals surface area contributed by atoms with Crippen LogP contribution in [-0.2, 0) is 9.47 Å². The predicted octanol–water partition coefficient (Wildman–Crippen LogP) is 1.43. The Kier molecular flexibility index (Phi) is 6.69. The number of aldehydes is 1. The van der Waals surface area contributed by atoms with E-state index in [0.29, 0.717) is 31.9 Å². The van der Waals surface area contributed by atoms with Crippen molar-refractivity contribution in [3.05, 3.63) is 17.0 Å². The number of halogens is 1. The van der Waals surface area contributed by atoms with Crippen molar-refractivity contribution in [2.45, 2.75) is 13.0 Å². The molecule has 0 bridgehead atoms. The van der Waals surface area contributed by atoms with Gasteiger partial charge < -0.3 is 14.4 Å². The van der Waals surface area contributed by atoms with Crippen LogP contribution in [0.25, 0.3) is 0 Å². The minimum Gasteiger partial charge on any atom is -0.383 e. The second-order valence-corrected chi connectivity index (χ2v) is 4.37. The van der Waals surface area contributed by atoms with Gasteiger partial charge in [-0.05, 0) is 6.92 Å².